The molecule has 0 radical (unpaired) electrons. The first-order valence-corrected chi connectivity index (χ1v) is 10.3. The van der Waals surface area contributed by atoms with Gasteiger partial charge in [0, 0.05) is 12.0 Å². The summed E-state index contributed by atoms with van der Waals surface area (Å²) in [5.41, 5.74) is 0.0398. The van der Waals surface area contributed by atoms with Crippen molar-refractivity contribution in [2.45, 2.75) is 13.0 Å². The summed E-state index contributed by atoms with van der Waals surface area (Å²) in [7, 11) is 1.19. The Morgan fingerprint density at radius 3 is 2.55 bits per heavy atom. The average Bonchev–Trinajstić information content (AvgIpc) is 2.82. The molecule has 0 atom stereocenters. The Balaban J connectivity index is 1.71. The summed E-state index contributed by atoms with van der Waals surface area (Å²) in [5.74, 6) is -1.26. The van der Waals surface area contributed by atoms with Gasteiger partial charge in [-0.25, -0.2) is 9.59 Å². The molecule has 0 saturated carbocycles. The van der Waals surface area contributed by atoms with Crippen LogP contribution in [0.25, 0.3) is 0 Å². The second-order valence-corrected chi connectivity index (χ2v) is 7.42. The Morgan fingerprint density at radius 2 is 1.85 bits per heavy atom. The molecule has 33 heavy (non-hydrogen) atoms. The molecular weight excluding hydrogens is 471 g/mol. The second kappa shape index (κ2) is 11.3. The molecule has 10 heteroatoms. The molecule has 0 spiro atoms. The number of esters is 1. The maximum absolute atomic E-state index is 12.4. The van der Waals surface area contributed by atoms with E-state index >= 15 is 0 Å². The van der Waals surface area contributed by atoms with Crippen LogP contribution in [0.5, 0.6) is 0 Å². The van der Waals surface area contributed by atoms with Crippen molar-refractivity contribution in [3.63, 3.8) is 0 Å². The molecule has 0 fully saturated rings. The number of methoxy groups -OCH3 is 1. The van der Waals surface area contributed by atoms with Crippen LogP contribution in [0.15, 0.2) is 69.0 Å². The lowest BCUT2D eigenvalue weighted by Crippen LogP contribution is -2.20. The van der Waals surface area contributed by atoms with Crippen LogP contribution < -0.4 is 10.9 Å². The normalized spacial score (nSPS) is 10.8. The van der Waals surface area contributed by atoms with E-state index in [0.717, 1.165) is 5.56 Å². The molecule has 0 unspecified atom stereocenters. The van der Waals surface area contributed by atoms with E-state index in [2.05, 4.69) is 10.5 Å². The van der Waals surface area contributed by atoms with Gasteiger partial charge in [0.05, 0.1) is 23.4 Å². The summed E-state index contributed by atoms with van der Waals surface area (Å²) in [6, 6.07) is 14.5. The summed E-state index contributed by atoms with van der Waals surface area (Å²) in [6.07, 6.45) is 1.29. The first-order valence-electron chi connectivity index (χ1n) is 9.58. The molecule has 1 N–H and O–H groups in total. The zero-order chi connectivity index (χ0) is 23.8. The highest BCUT2D eigenvalue weighted by atomic mass is 35.5. The van der Waals surface area contributed by atoms with Gasteiger partial charge in [0.25, 0.3) is 5.91 Å². The van der Waals surface area contributed by atoms with Gasteiger partial charge in [-0.15, -0.1) is 0 Å². The van der Waals surface area contributed by atoms with E-state index in [4.69, 9.17) is 37.2 Å². The van der Waals surface area contributed by atoms with Crippen molar-refractivity contribution in [3.05, 3.63) is 97.5 Å². The van der Waals surface area contributed by atoms with Crippen molar-refractivity contribution in [3.8, 4) is 0 Å². The number of benzene rings is 2. The number of nitrogens with one attached hydrogen (secondary N) is 1. The lowest BCUT2D eigenvalue weighted by atomic mass is 10.1. The van der Waals surface area contributed by atoms with Gasteiger partial charge in [-0.1, -0.05) is 52.6 Å². The van der Waals surface area contributed by atoms with Gasteiger partial charge in [-0.3, -0.25) is 4.79 Å². The van der Waals surface area contributed by atoms with E-state index in [0.29, 0.717) is 15.6 Å². The van der Waals surface area contributed by atoms with Gasteiger partial charge in [0.15, 0.2) is 0 Å². The number of carbonyl (C=O) groups excluding carboxylic acids is 2. The first kappa shape index (κ1) is 24.0. The minimum absolute atomic E-state index is 0.00597. The predicted molar refractivity (Wildman–Crippen MR) is 124 cm³/mol. The molecule has 8 nitrogen and oxygen atoms in total. The van der Waals surface area contributed by atoms with Crippen molar-refractivity contribution in [2.75, 3.05) is 12.4 Å². The van der Waals surface area contributed by atoms with Crippen molar-refractivity contribution in [1.29, 1.82) is 0 Å². The zero-order valence-corrected chi connectivity index (χ0v) is 18.9. The number of hydrogen-bond donors (Lipinski definition) is 1. The standard InChI is InChI=1S/C23H18Cl2N2O6/c1-31-22(29)16-12-19(27-21(28)15-5-3-2-4-6-15)23(30)33-20(16)9-10-26-32-13-14-7-8-17(24)18(25)11-14/h2-8,10-12H,9,13H2,1H3,(H,27,28)/b26-10-. The van der Waals surface area contributed by atoms with Gasteiger partial charge in [0.2, 0.25) is 0 Å². The van der Waals surface area contributed by atoms with Gasteiger partial charge < -0.3 is 19.3 Å². The van der Waals surface area contributed by atoms with Gasteiger partial charge >= 0.3 is 11.6 Å². The average molecular weight is 489 g/mol. The van der Waals surface area contributed by atoms with E-state index in [1.807, 2.05) is 0 Å². The molecule has 1 aromatic heterocycles. The summed E-state index contributed by atoms with van der Waals surface area (Å²) in [4.78, 5) is 42.1. The largest absolute Gasteiger partial charge is 0.465 e. The molecule has 0 saturated heterocycles. The number of amides is 1. The minimum Gasteiger partial charge on any atom is -0.465 e. The number of oxime groups is 1. The highest BCUT2D eigenvalue weighted by Gasteiger charge is 2.19. The number of anilines is 1. The molecule has 3 aromatic rings. The third-order valence-electron chi connectivity index (χ3n) is 4.36. The van der Waals surface area contributed by atoms with E-state index < -0.39 is 17.5 Å². The SMILES string of the molecule is COC(=O)c1cc(NC(=O)c2ccccc2)c(=O)oc1C/C=N\OCc1ccc(Cl)c(Cl)c1. The minimum atomic E-state index is -0.827. The van der Waals surface area contributed by atoms with Crippen LogP contribution in [-0.2, 0) is 22.6 Å². The maximum Gasteiger partial charge on any atom is 0.359 e. The van der Waals surface area contributed by atoms with Gasteiger partial charge in [0.1, 0.15) is 23.6 Å². The predicted octanol–water partition coefficient (Wildman–Crippen LogP) is 4.73. The number of carbonyl (C=O) groups is 2. The number of hydrogen-bond acceptors (Lipinski definition) is 7. The Morgan fingerprint density at radius 1 is 1.09 bits per heavy atom. The van der Waals surface area contributed by atoms with Gasteiger partial charge in [-0.05, 0) is 35.9 Å². The molecule has 2 aromatic carbocycles. The fourth-order valence-corrected chi connectivity index (χ4v) is 3.05. The number of rotatable bonds is 8. The van der Waals surface area contributed by atoms with Crippen molar-refractivity contribution in [1.82, 2.24) is 0 Å². The van der Waals surface area contributed by atoms with Crippen LogP contribution in [0.4, 0.5) is 5.69 Å². The second-order valence-electron chi connectivity index (χ2n) is 6.61. The van der Waals surface area contributed by atoms with E-state index in [-0.39, 0.29) is 30.0 Å². The van der Waals surface area contributed by atoms with Crippen LogP contribution in [0.3, 0.4) is 0 Å². The highest BCUT2D eigenvalue weighted by molar-refractivity contribution is 6.42. The summed E-state index contributed by atoms with van der Waals surface area (Å²) in [5, 5.41) is 7.06. The molecule has 0 aliphatic rings. The van der Waals surface area contributed by atoms with E-state index in [9.17, 15) is 14.4 Å². The summed E-state index contributed by atoms with van der Waals surface area (Å²) >= 11 is 11.8. The maximum atomic E-state index is 12.4. The molecule has 0 aliphatic carbocycles. The van der Waals surface area contributed by atoms with Crippen LogP contribution in [0, 0.1) is 0 Å². The molecule has 0 bridgehead atoms. The third kappa shape index (κ3) is 6.44. The lowest BCUT2D eigenvalue weighted by molar-refractivity contribution is 0.0595. The molecular formula is C23H18Cl2N2O6. The van der Waals surface area contributed by atoms with Crippen LogP contribution >= 0.6 is 23.2 Å². The monoisotopic (exact) mass is 488 g/mol. The summed E-state index contributed by atoms with van der Waals surface area (Å²) in [6.45, 7) is 0.131. The number of halogens is 2. The van der Waals surface area contributed by atoms with Crippen molar-refractivity contribution in [2.24, 2.45) is 5.16 Å². The van der Waals surface area contributed by atoms with Gasteiger partial charge in [-0.2, -0.15) is 0 Å². The molecule has 0 aliphatic heterocycles. The Labute approximate surface area is 198 Å². The Hall–Kier alpha value is -3.62. The number of nitrogens with zero attached hydrogens (tertiary/aromatic N) is 1. The van der Waals surface area contributed by atoms with Crippen molar-refractivity contribution < 1.29 is 23.6 Å². The van der Waals surface area contributed by atoms with Crippen LogP contribution in [0.2, 0.25) is 10.0 Å². The Bertz CT molecular complexity index is 1240. The smallest absolute Gasteiger partial charge is 0.359 e. The number of ether oxygens (including phenoxy) is 1. The van der Waals surface area contributed by atoms with Crippen LogP contribution in [-0.4, -0.2) is 25.2 Å². The fourth-order valence-electron chi connectivity index (χ4n) is 2.73. The Kier molecular flexibility index (Phi) is 8.23. The van der Waals surface area contributed by atoms with E-state index in [1.165, 1.54) is 19.4 Å². The highest BCUT2D eigenvalue weighted by Crippen LogP contribution is 2.23. The van der Waals surface area contributed by atoms with Crippen LogP contribution in [0.1, 0.15) is 32.0 Å². The molecule has 170 valence electrons. The molecule has 1 amide bonds. The first-order chi connectivity index (χ1) is 15.9. The topological polar surface area (TPSA) is 107 Å². The van der Waals surface area contributed by atoms with E-state index in [1.54, 1.807) is 48.5 Å². The fraction of sp³-hybridized carbons (Fsp3) is 0.130. The summed E-state index contributed by atoms with van der Waals surface area (Å²) < 4.78 is 10.00. The molecule has 1 heterocycles. The zero-order valence-electron chi connectivity index (χ0n) is 17.3. The molecule has 3 rings (SSSR count). The third-order valence-corrected chi connectivity index (χ3v) is 5.09. The lowest BCUT2D eigenvalue weighted by Gasteiger charge is -2.08. The quantitative estimate of drug-likeness (QED) is 0.279. The van der Waals surface area contributed by atoms with Crippen molar-refractivity contribution >= 4 is 47.0 Å².